The summed E-state index contributed by atoms with van der Waals surface area (Å²) in [5, 5.41) is 6.22. The number of nitrogens with zero attached hydrogens (tertiary/aromatic N) is 1. The highest BCUT2D eigenvalue weighted by molar-refractivity contribution is 14.0. The molecule has 126 valence electrons. The van der Waals surface area contributed by atoms with E-state index in [1.165, 1.54) is 0 Å². The molecule has 0 bridgehead atoms. The Morgan fingerprint density at radius 2 is 2.05 bits per heavy atom. The molecular weight excluding hydrogens is 407 g/mol. The van der Waals surface area contributed by atoms with Gasteiger partial charge in [0.1, 0.15) is 0 Å². The Bertz CT molecular complexity index is 422. The van der Waals surface area contributed by atoms with E-state index in [1.54, 1.807) is 0 Å². The monoisotopic (exact) mass is 434 g/mol. The molecule has 9 heteroatoms. The summed E-state index contributed by atoms with van der Waals surface area (Å²) in [7, 11) is -3.14. The van der Waals surface area contributed by atoms with Crippen LogP contribution in [0, 0.1) is 0 Å². The molecule has 3 N–H and O–H groups in total. The predicted octanol–water partition coefficient (Wildman–Crippen LogP) is 0.278. The average molecular weight is 434 g/mol. The summed E-state index contributed by atoms with van der Waals surface area (Å²) in [6, 6.07) is 0. The zero-order valence-electron chi connectivity index (χ0n) is 12.9. The minimum atomic E-state index is -3.14. The lowest BCUT2D eigenvalue weighted by atomic mass is 10.0. The molecule has 1 atom stereocenters. The Balaban J connectivity index is 0.00000400. The van der Waals surface area contributed by atoms with Crippen molar-refractivity contribution >= 4 is 40.0 Å². The SMILES string of the molecule is CCNC(=NCC1(C)CCCO1)NCCNS(C)(=O)=O.I. The average Bonchev–Trinajstić information content (AvgIpc) is 2.78. The van der Waals surface area contributed by atoms with Crippen LogP contribution in [-0.4, -0.2) is 59.0 Å². The van der Waals surface area contributed by atoms with Gasteiger partial charge in [-0.1, -0.05) is 0 Å². The van der Waals surface area contributed by atoms with Gasteiger partial charge in [0.15, 0.2) is 5.96 Å². The third-order valence-electron chi connectivity index (χ3n) is 3.00. The Kier molecular flexibility index (Phi) is 9.74. The first-order valence-electron chi connectivity index (χ1n) is 6.95. The van der Waals surface area contributed by atoms with Crippen molar-refractivity contribution in [3.63, 3.8) is 0 Å². The minimum absolute atomic E-state index is 0. The standard InChI is InChI=1S/C12H26N4O3S.HI/c1-4-13-11(14-7-8-16-20(3,17)18)15-10-12(2)6-5-9-19-12;/h16H,4-10H2,1-3H3,(H2,13,14,15);1H. The van der Waals surface area contributed by atoms with Crippen LogP contribution in [0.15, 0.2) is 4.99 Å². The highest BCUT2D eigenvalue weighted by Crippen LogP contribution is 2.24. The number of nitrogens with one attached hydrogen (secondary N) is 3. The summed E-state index contributed by atoms with van der Waals surface area (Å²) in [6.07, 6.45) is 3.24. The van der Waals surface area contributed by atoms with Gasteiger partial charge in [0.25, 0.3) is 0 Å². The van der Waals surface area contributed by atoms with Gasteiger partial charge in [-0.3, -0.25) is 4.99 Å². The number of hydrogen-bond donors (Lipinski definition) is 3. The maximum absolute atomic E-state index is 10.9. The van der Waals surface area contributed by atoms with Crippen LogP contribution in [0.4, 0.5) is 0 Å². The summed E-state index contributed by atoms with van der Waals surface area (Å²) in [4.78, 5) is 4.49. The van der Waals surface area contributed by atoms with Crippen LogP contribution in [0.1, 0.15) is 26.7 Å². The van der Waals surface area contributed by atoms with E-state index in [0.717, 1.165) is 32.2 Å². The van der Waals surface area contributed by atoms with Crippen molar-refractivity contribution in [3.8, 4) is 0 Å². The molecule has 0 aromatic heterocycles. The van der Waals surface area contributed by atoms with Crippen LogP contribution >= 0.6 is 24.0 Å². The smallest absolute Gasteiger partial charge is 0.208 e. The number of aliphatic imine (C=N–C) groups is 1. The molecule has 0 saturated carbocycles. The van der Waals surface area contributed by atoms with Crippen molar-refractivity contribution in [1.29, 1.82) is 0 Å². The second kappa shape index (κ2) is 9.80. The number of sulfonamides is 1. The number of guanidine groups is 1. The molecule has 0 spiro atoms. The number of ether oxygens (including phenoxy) is 1. The van der Waals surface area contributed by atoms with Crippen LogP contribution in [0.5, 0.6) is 0 Å². The molecule has 1 aliphatic rings. The van der Waals surface area contributed by atoms with E-state index in [-0.39, 0.29) is 29.6 Å². The zero-order chi connectivity index (χ0) is 15.1. The molecule has 1 heterocycles. The maximum Gasteiger partial charge on any atom is 0.208 e. The van der Waals surface area contributed by atoms with Gasteiger partial charge >= 0.3 is 0 Å². The largest absolute Gasteiger partial charge is 0.373 e. The number of rotatable bonds is 7. The Labute approximate surface area is 144 Å². The van der Waals surface area contributed by atoms with Gasteiger partial charge in [-0.15, -0.1) is 24.0 Å². The van der Waals surface area contributed by atoms with Gasteiger partial charge in [0.2, 0.25) is 10.0 Å². The van der Waals surface area contributed by atoms with Crippen LogP contribution in [-0.2, 0) is 14.8 Å². The van der Waals surface area contributed by atoms with E-state index in [0.29, 0.717) is 25.6 Å². The normalized spacial score (nSPS) is 22.7. The second-order valence-electron chi connectivity index (χ2n) is 5.19. The zero-order valence-corrected chi connectivity index (χ0v) is 16.1. The van der Waals surface area contributed by atoms with E-state index in [1.807, 2.05) is 6.92 Å². The molecule has 1 rings (SSSR count). The van der Waals surface area contributed by atoms with E-state index in [2.05, 4.69) is 27.3 Å². The second-order valence-corrected chi connectivity index (χ2v) is 7.02. The maximum atomic E-state index is 10.9. The summed E-state index contributed by atoms with van der Waals surface area (Å²) in [5.41, 5.74) is -0.173. The first-order valence-corrected chi connectivity index (χ1v) is 8.84. The molecule has 1 fully saturated rings. The number of hydrogen-bond acceptors (Lipinski definition) is 4. The quantitative estimate of drug-likeness (QED) is 0.232. The van der Waals surface area contributed by atoms with Crippen LogP contribution in [0.3, 0.4) is 0 Å². The molecule has 1 saturated heterocycles. The summed E-state index contributed by atoms with van der Waals surface area (Å²) in [5.74, 6) is 0.680. The minimum Gasteiger partial charge on any atom is -0.373 e. The first kappa shape index (κ1) is 20.9. The highest BCUT2D eigenvalue weighted by Gasteiger charge is 2.29. The van der Waals surface area contributed by atoms with Crippen molar-refractivity contribution in [2.75, 3.05) is 39.0 Å². The van der Waals surface area contributed by atoms with E-state index in [4.69, 9.17) is 4.74 Å². The van der Waals surface area contributed by atoms with Crippen molar-refractivity contribution in [1.82, 2.24) is 15.4 Å². The van der Waals surface area contributed by atoms with Crippen LogP contribution < -0.4 is 15.4 Å². The molecule has 0 aliphatic carbocycles. The lowest BCUT2D eigenvalue weighted by Gasteiger charge is -2.21. The predicted molar refractivity (Wildman–Crippen MR) is 95.8 cm³/mol. The molecule has 0 radical (unpaired) electrons. The third kappa shape index (κ3) is 9.48. The van der Waals surface area contributed by atoms with Gasteiger partial charge in [-0.05, 0) is 26.7 Å². The Hall–Kier alpha value is -0.130. The van der Waals surface area contributed by atoms with Gasteiger partial charge < -0.3 is 15.4 Å². The van der Waals surface area contributed by atoms with Gasteiger partial charge in [-0.25, -0.2) is 13.1 Å². The molecule has 1 unspecified atom stereocenters. The molecule has 21 heavy (non-hydrogen) atoms. The fraction of sp³-hybridized carbons (Fsp3) is 0.917. The fourth-order valence-corrected chi connectivity index (χ4v) is 2.44. The van der Waals surface area contributed by atoms with E-state index >= 15 is 0 Å². The lowest BCUT2D eigenvalue weighted by molar-refractivity contribution is 0.0283. The summed E-state index contributed by atoms with van der Waals surface area (Å²) < 4.78 is 30.0. The molecular formula is C12H27IN4O3S. The molecule has 7 nitrogen and oxygen atoms in total. The van der Waals surface area contributed by atoms with Crippen molar-refractivity contribution < 1.29 is 13.2 Å². The topological polar surface area (TPSA) is 91.8 Å². The van der Waals surface area contributed by atoms with Gasteiger partial charge in [0, 0.05) is 26.2 Å². The molecule has 0 aromatic carbocycles. The Morgan fingerprint density at radius 3 is 2.57 bits per heavy atom. The summed E-state index contributed by atoms with van der Waals surface area (Å²) in [6.45, 7) is 7.02. The first-order chi connectivity index (χ1) is 9.35. The van der Waals surface area contributed by atoms with E-state index < -0.39 is 10.0 Å². The Morgan fingerprint density at radius 1 is 1.33 bits per heavy atom. The third-order valence-corrected chi connectivity index (χ3v) is 3.73. The van der Waals surface area contributed by atoms with Crippen LogP contribution in [0.25, 0.3) is 0 Å². The summed E-state index contributed by atoms with van der Waals surface area (Å²) >= 11 is 0. The fourth-order valence-electron chi connectivity index (χ4n) is 1.97. The lowest BCUT2D eigenvalue weighted by Crippen LogP contribution is -2.42. The van der Waals surface area contributed by atoms with Crippen LogP contribution in [0.2, 0.25) is 0 Å². The highest BCUT2D eigenvalue weighted by atomic mass is 127. The van der Waals surface area contributed by atoms with Gasteiger partial charge in [0.05, 0.1) is 18.4 Å². The van der Waals surface area contributed by atoms with Crippen molar-refractivity contribution in [3.05, 3.63) is 0 Å². The molecule has 0 aromatic rings. The van der Waals surface area contributed by atoms with Crippen molar-refractivity contribution in [2.45, 2.75) is 32.3 Å². The van der Waals surface area contributed by atoms with Crippen molar-refractivity contribution in [2.24, 2.45) is 4.99 Å². The number of halogens is 1. The van der Waals surface area contributed by atoms with E-state index in [9.17, 15) is 8.42 Å². The molecule has 0 amide bonds. The molecule has 1 aliphatic heterocycles. The van der Waals surface area contributed by atoms with Gasteiger partial charge in [-0.2, -0.15) is 0 Å².